The van der Waals surface area contributed by atoms with Gasteiger partial charge in [0.1, 0.15) is 5.69 Å². The second kappa shape index (κ2) is 4.29. The van der Waals surface area contributed by atoms with Crippen molar-refractivity contribution in [1.82, 2.24) is 14.8 Å². The number of rotatable bonds is 1. The van der Waals surface area contributed by atoms with Gasteiger partial charge in [-0.1, -0.05) is 0 Å². The van der Waals surface area contributed by atoms with Gasteiger partial charge in [0.15, 0.2) is 0 Å². The number of aryl methyl sites for hydroxylation is 1. The predicted octanol–water partition coefficient (Wildman–Crippen LogP) is -0.0421. The molecule has 2 saturated heterocycles. The van der Waals surface area contributed by atoms with Crippen molar-refractivity contribution in [2.24, 2.45) is 13.0 Å². The van der Waals surface area contributed by atoms with E-state index in [0.29, 0.717) is 24.5 Å². The molecule has 0 saturated carbocycles. The van der Waals surface area contributed by atoms with Crippen LogP contribution in [-0.2, 0) is 11.8 Å². The summed E-state index contributed by atoms with van der Waals surface area (Å²) in [5, 5.41) is 2.85. The zero-order chi connectivity index (χ0) is 13.6. The van der Waals surface area contributed by atoms with E-state index in [-0.39, 0.29) is 23.8 Å². The molecule has 0 radical (unpaired) electrons. The molecule has 0 bridgehead atoms. The highest BCUT2D eigenvalue weighted by Gasteiger charge is 2.43. The molecule has 0 aromatic carbocycles. The molecule has 6 heteroatoms. The Hall–Kier alpha value is -1.98. The van der Waals surface area contributed by atoms with Crippen LogP contribution in [0.4, 0.5) is 5.69 Å². The number of likely N-dealkylation sites (tertiary alicyclic amines) is 1. The average molecular weight is 262 g/mol. The Bertz CT molecular complexity index is 537. The minimum absolute atomic E-state index is 0.00938. The summed E-state index contributed by atoms with van der Waals surface area (Å²) < 4.78 is 1.74. The van der Waals surface area contributed by atoms with Crippen molar-refractivity contribution >= 4 is 17.5 Å². The van der Waals surface area contributed by atoms with Gasteiger partial charge in [-0.15, -0.1) is 0 Å². The highest BCUT2D eigenvalue weighted by molar-refractivity contribution is 5.95. The molecule has 3 heterocycles. The molecule has 2 fully saturated rings. The summed E-state index contributed by atoms with van der Waals surface area (Å²) in [6, 6.07) is 1.68. The Morgan fingerprint density at radius 3 is 3.00 bits per heavy atom. The van der Waals surface area contributed by atoms with Crippen molar-refractivity contribution < 1.29 is 9.59 Å². The number of nitrogens with one attached hydrogen (secondary N) is 1. The Morgan fingerprint density at radius 2 is 2.32 bits per heavy atom. The second-order valence-electron chi connectivity index (χ2n) is 5.33. The molecule has 19 heavy (non-hydrogen) atoms. The van der Waals surface area contributed by atoms with Crippen LogP contribution in [-0.4, -0.2) is 40.4 Å². The van der Waals surface area contributed by atoms with Crippen LogP contribution in [0.5, 0.6) is 0 Å². The molecular weight excluding hydrogens is 244 g/mol. The molecule has 1 aromatic rings. The van der Waals surface area contributed by atoms with E-state index in [0.717, 1.165) is 12.8 Å². The van der Waals surface area contributed by atoms with Gasteiger partial charge in [0.2, 0.25) is 5.91 Å². The third-order valence-electron chi connectivity index (χ3n) is 4.11. The molecule has 2 amide bonds. The molecule has 6 nitrogen and oxygen atoms in total. The van der Waals surface area contributed by atoms with Crippen LogP contribution >= 0.6 is 0 Å². The molecule has 2 aliphatic rings. The van der Waals surface area contributed by atoms with Gasteiger partial charge >= 0.3 is 0 Å². The Morgan fingerprint density at radius 1 is 1.53 bits per heavy atom. The van der Waals surface area contributed by atoms with Crippen LogP contribution in [0.3, 0.4) is 0 Å². The molecule has 1 aromatic heterocycles. The number of amides is 2. The number of aromatic nitrogens is 1. The van der Waals surface area contributed by atoms with Gasteiger partial charge < -0.3 is 20.5 Å². The lowest BCUT2D eigenvalue weighted by Crippen LogP contribution is -2.49. The quantitative estimate of drug-likeness (QED) is 0.745. The van der Waals surface area contributed by atoms with E-state index in [4.69, 9.17) is 5.73 Å². The fourth-order valence-electron chi connectivity index (χ4n) is 3.15. The zero-order valence-electron chi connectivity index (χ0n) is 10.9. The summed E-state index contributed by atoms with van der Waals surface area (Å²) in [5.74, 6) is -0.00499. The molecule has 0 aliphatic carbocycles. The van der Waals surface area contributed by atoms with Gasteiger partial charge in [-0.25, -0.2) is 0 Å². The van der Waals surface area contributed by atoms with Gasteiger partial charge in [0, 0.05) is 26.3 Å². The second-order valence-corrected chi connectivity index (χ2v) is 5.33. The number of piperidine rings is 1. The van der Waals surface area contributed by atoms with E-state index in [2.05, 4.69) is 5.32 Å². The first kappa shape index (κ1) is 12.1. The van der Waals surface area contributed by atoms with Crippen LogP contribution < -0.4 is 11.1 Å². The van der Waals surface area contributed by atoms with Crippen LogP contribution in [0.25, 0.3) is 0 Å². The van der Waals surface area contributed by atoms with Crippen LogP contribution in [0.1, 0.15) is 23.3 Å². The molecule has 3 N–H and O–H groups in total. The smallest absolute Gasteiger partial charge is 0.270 e. The first-order valence-corrected chi connectivity index (χ1v) is 6.58. The Balaban J connectivity index is 1.87. The molecule has 2 unspecified atom stereocenters. The summed E-state index contributed by atoms with van der Waals surface area (Å²) in [6.07, 6.45) is 3.47. The number of carbonyl (C=O) groups is 2. The lowest BCUT2D eigenvalue weighted by Gasteiger charge is -2.35. The van der Waals surface area contributed by atoms with Crippen molar-refractivity contribution in [1.29, 1.82) is 0 Å². The van der Waals surface area contributed by atoms with Crippen molar-refractivity contribution in [3.05, 3.63) is 18.0 Å². The van der Waals surface area contributed by atoms with Gasteiger partial charge in [-0.2, -0.15) is 0 Å². The van der Waals surface area contributed by atoms with Crippen molar-refractivity contribution in [3.63, 3.8) is 0 Å². The van der Waals surface area contributed by atoms with E-state index in [1.807, 2.05) is 11.9 Å². The molecule has 2 atom stereocenters. The standard InChI is InChI=1S/C13H18N4O2/c1-16-7-8(14)5-10(16)13(19)17-4-2-3-9-11(17)6-15-12(9)18/h5,7,9,11H,2-4,6,14H2,1H3,(H,15,18). The monoisotopic (exact) mass is 262 g/mol. The summed E-state index contributed by atoms with van der Waals surface area (Å²) in [7, 11) is 1.81. The Kier molecular flexibility index (Phi) is 2.73. The summed E-state index contributed by atoms with van der Waals surface area (Å²) >= 11 is 0. The summed E-state index contributed by atoms with van der Waals surface area (Å²) in [4.78, 5) is 26.1. The Labute approximate surface area is 111 Å². The largest absolute Gasteiger partial charge is 0.397 e. The number of carbonyl (C=O) groups excluding carboxylic acids is 2. The highest BCUT2D eigenvalue weighted by atomic mass is 16.2. The van der Waals surface area contributed by atoms with Crippen molar-refractivity contribution in [2.45, 2.75) is 18.9 Å². The molecule has 3 rings (SSSR count). The number of anilines is 1. The third kappa shape index (κ3) is 1.87. The molecule has 2 aliphatic heterocycles. The molecule has 0 spiro atoms. The number of nitrogen functional groups attached to an aromatic ring is 1. The lowest BCUT2D eigenvalue weighted by atomic mass is 9.91. The summed E-state index contributed by atoms with van der Waals surface area (Å²) in [5.41, 5.74) is 6.88. The average Bonchev–Trinajstić information content (AvgIpc) is 2.92. The van der Waals surface area contributed by atoms with Crippen LogP contribution in [0.15, 0.2) is 12.3 Å². The van der Waals surface area contributed by atoms with Crippen LogP contribution in [0.2, 0.25) is 0 Å². The fraction of sp³-hybridized carbons (Fsp3) is 0.538. The molecular formula is C13H18N4O2. The number of hydrogen-bond acceptors (Lipinski definition) is 3. The van der Waals surface area contributed by atoms with Crippen molar-refractivity contribution in [2.75, 3.05) is 18.8 Å². The zero-order valence-corrected chi connectivity index (χ0v) is 10.9. The predicted molar refractivity (Wildman–Crippen MR) is 70.4 cm³/mol. The fourth-order valence-corrected chi connectivity index (χ4v) is 3.15. The SMILES string of the molecule is Cn1cc(N)cc1C(=O)N1CCCC2C(=O)NCC21. The summed E-state index contributed by atoms with van der Waals surface area (Å²) in [6.45, 7) is 1.27. The minimum atomic E-state index is -0.0460. The van der Waals surface area contributed by atoms with Crippen LogP contribution in [0, 0.1) is 5.92 Å². The van der Waals surface area contributed by atoms with Gasteiger partial charge in [0.05, 0.1) is 17.6 Å². The van der Waals surface area contributed by atoms with E-state index < -0.39 is 0 Å². The van der Waals surface area contributed by atoms with E-state index in [9.17, 15) is 9.59 Å². The normalized spacial score (nSPS) is 26.2. The third-order valence-corrected chi connectivity index (χ3v) is 4.11. The van der Waals surface area contributed by atoms with E-state index in [1.165, 1.54) is 0 Å². The first-order chi connectivity index (χ1) is 9.08. The van der Waals surface area contributed by atoms with Gasteiger partial charge in [-0.05, 0) is 18.9 Å². The van der Waals surface area contributed by atoms with Crippen molar-refractivity contribution in [3.8, 4) is 0 Å². The maximum Gasteiger partial charge on any atom is 0.270 e. The van der Waals surface area contributed by atoms with Gasteiger partial charge in [0.25, 0.3) is 5.91 Å². The maximum absolute atomic E-state index is 12.6. The first-order valence-electron chi connectivity index (χ1n) is 6.58. The number of hydrogen-bond donors (Lipinski definition) is 2. The molecule has 102 valence electrons. The van der Waals surface area contributed by atoms with Gasteiger partial charge in [-0.3, -0.25) is 9.59 Å². The minimum Gasteiger partial charge on any atom is -0.397 e. The van der Waals surface area contributed by atoms with E-state index in [1.54, 1.807) is 16.8 Å². The number of nitrogens with zero attached hydrogens (tertiary/aromatic N) is 2. The lowest BCUT2D eigenvalue weighted by molar-refractivity contribution is -0.123. The highest BCUT2D eigenvalue weighted by Crippen LogP contribution is 2.28. The maximum atomic E-state index is 12.6. The topological polar surface area (TPSA) is 80.4 Å². The van der Waals surface area contributed by atoms with E-state index >= 15 is 0 Å². The number of fused-ring (bicyclic) bond motifs is 1. The number of nitrogens with two attached hydrogens (primary N) is 1.